The first-order chi connectivity index (χ1) is 9.76. The Kier molecular flexibility index (Phi) is 9.38. The van der Waals surface area contributed by atoms with E-state index in [1.165, 1.54) is 18.4 Å². The highest BCUT2D eigenvalue weighted by Gasteiger charge is 2.09. The minimum atomic E-state index is 0.191. The zero-order valence-corrected chi connectivity index (χ0v) is 14.0. The van der Waals surface area contributed by atoms with Crippen LogP contribution in [0.5, 0.6) is 0 Å². The molecule has 0 heterocycles. The van der Waals surface area contributed by atoms with Crippen LogP contribution in [0.25, 0.3) is 0 Å². The topological polar surface area (TPSA) is 29.1 Å². The molecule has 1 rings (SSSR count). The van der Waals surface area contributed by atoms with E-state index in [9.17, 15) is 4.79 Å². The van der Waals surface area contributed by atoms with E-state index in [2.05, 4.69) is 40.3 Å². The number of aryl methyl sites for hydroxylation is 1. The largest absolute Gasteiger partial charge is 0.356 e. The van der Waals surface area contributed by atoms with Gasteiger partial charge in [0.25, 0.3) is 0 Å². The van der Waals surface area contributed by atoms with Crippen molar-refractivity contribution in [1.82, 2.24) is 5.32 Å². The standard InChI is InChI=1S/C17H26BrNO/c1-2-7-16(12-13-18)14-19-17(20)11-6-10-15-8-4-3-5-9-15/h3-5,8-9,16H,2,6-7,10-14H2,1H3,(H,19,20). The minimum Gasteiger partial charge on any atom is -0.356 e. The molecule has 0 aliphatic heterocycles. The summed E-state index contributed by atoms with van der Waals surface area (Å²) >= 11 is 3.48. The van der Waals surface area contributed by atoms with E-state index in [4.69, 9.17) is 0 Å². The first-order valence-corrected chi connectivity index (χ1v) is 8.75. The molecule has 1 aromatic rings. The highest BCUT2D eigenvalue weighted by Crippen LogP contribution is 2.12. The fourth-order valence-corrected chi connectivity index (χ4v) is 3.00. The van der Waals surface area contributed by atoms with Crippen molar-refractivity contribution in [2.75, 3.05) is 11.9 Å². The average Bonchev–Trinajstić information content (AvgIpc) is 2.46. The predicted molar refractivity (Wildman–Crippen MR) is 89.2 cm³/mol. The third-order valence-electron chi connectivity index (χ3n) is 3.51. The molecule has 1 N–H and O–H groups in total. The van der Waals surface area contributed by atoms with Crippen molar-refractivity contribution in [3.8, 4) is 0 Å². The summed E-state index contributed by atoms with van der Waals surface area (Å²) in [5.41, 5.74) is 1.31. The van der Waals surface area contributed by atoms with Gasteiger partial charge in [-0.05, 0) is 37.2 Å². The molecule has 1 atom stereocenters. The van der Waals surface area contributed by atoms with E-state index in [0.717, 1.165) is 31.1 Å². The van der Waals surface area contributed by atoms with Crippen molar-refractivity contribution >= 4 is 21.8 Å². The first kappa shape index (κ1) is 17.2. The monoisotopic (exact) mass is 339 g/mol. The van der Waals surface area contributed by atoms with Crippen LogP contribution in [-0.4, -0.2) is 17.8 Å². The van der Waals surface area contributed by atoms with Crippen molar-refractivity contribution in [1.29, 1.82) is 0 Å². The van der Waals surface area contributed by atoms with Crippen LogP contribution in [0.15, 0.2) is 30.3 Å². The number of alkyl halides is 1. The second-order valence-corrected chi connectivity index (χ2v) is 6.07. The molecule has 0 aliphatic carbocycles. The lowest BCUT2D eigenvalue weighted by atomic mass is 10.0. The normalized spacial score (nSPS) is 12.1. The van der Waals surface area contributed by atoms with Crippen LogP contribution in [0.1, 0.15) is 44.6 Å². The van der Waals surface area contributed by atoms with Crippen molar-refractivity contribution in [3.05, 3.63) is 35.9 Å². The van der Waals surface area contributed by atoms with Gasteiger partial charge in [-0.1, -0.05) is 59.6 Å². The van der Waals surface area contributed by atoms with Gasteiger partial charge in [0.1, 0.15) is 0 Å². The van der Waals surface area contributed by atoms with Crippen molar-refractivity contribution in [2.24, 2.45) is 5.92 Å². The van der Waals surface area contributed by atoms with E-state index in [-0.39, 0.29) is 5.91 Å². The van der Waals surface area contributed by atoms with Gasteiger partial charge in [-0.15, -0.1) is 0 Å². The van der Waals surface area contributed by atoms with Gasteiger partial charge in [-0.25, -0.2) is 0 Å². The summed E-state index contributed by atoms with van der Waals surface area (Å²) in [6.45, 7) is 3.02. The molecule has 1 unspecified atom stereocenters. The highest BCUT2D eigenvalue weighted by molar-refractivity contribution is 9.09. The second kappa shape index (κ2) is 10.9. The van der Waals surface area contributed by atoms with Crippen LogP contribution in [0, 0.1) is 5.92 Å². The molecule has 1 aromatic carbocycles. The van der Waals surface area contributed by atoms with Crippen molar-refractivity contribution in [2.45, 2.75) is 45.4 Å². The molecule has 0 aliphatic rings. The van der Waals surface area contributed by atoms with Crippen LogP contribution >= 0.6 is 15.9 Å². The third kappa shape index (κ3) is 7.68. The summed E-state index contributed by atoms with van der Waals surface area (Å²) in [5, 5.41) is 4.09. The van der Waals surface area contributed by atoms with E-state index in [1.807, 2.05) is 18.2 Å². The second-order valence-electron chi connectivity index (χ2n) is 5.28. The number of nitrogens with one attached hydrogen (secondary N) is 1. The van der Waals surface area contributed by atoms with Crippen LogP contribution in [0.2, 0.25) is 0 Å². The summed E-state index contributed by atoms with van der Waals surface area (Å²) in [6.07, 6.45) is 6.04. The van der Waals surface area contributed by atoms with E-state index in [1.54, 1.807) is 0 Å². The number of benzene rings is 1. The molecule has 0 aromatic heterocycles. The quantitative estimate of drug-likeness (QED) is 0.631. The molecular formula is C17H26BrNO. The molecule has 20 heavy (non-hydrogen) atoms. The van der Waals surface area contributed by atoms with Gasteiger partial charge in [0.15, 0.2) is 0 Å². The Balaban J connectivity index is 2.16. The van der Waals surface area contributed by atoms with Crippen LogP contribution in [-0.2, 0) is 11.2 Å². The van der Waals surface area contributed by atoms with Crippen LogP contribution in [0.3, 0.4) is 0 Å². The number of carbonyl (C=O) groups is 1. The number of hydrogen-bond donors (Lipinski definition) is 1. The lowest BCUT2D eigenvalue weighted by molar-refractivity contribution is -0.121. The Bertz CT molecular complexity index is 361. The van der Waals surface area contributed by atoms with E-state index < -0.39 is 0 Å². The maximum Gasteiger partial charge on any atom is 0.220 e. The Labute approximate surface area is 131 Å². The van der Waals surface area contributed by atoms with Crippen LogP contribution in [0.4, 0.5) is 0 Å². The first-order valence-electron chi connectivity index (χ1n) is 7.62. The van der Waals surface area contributed by atoms with Crippen molar-refractivity contribution < 1.29 is 4.79 Å². The molecule has 0 fully saturated rings. The molecule has 0 radical (unpaired) electrons. The van der Waals surface area contributed by atoms with Gasteiger partial charge in [-0.3, -0.25) is 4.79 Å². The Morgan fingerprint density at radius 2 is 2.00 bits per heavy atom. The summed E-state index contributed by atoms with van der Waals surface area (Å²) in [4.78, 5) is 11.8. The molecular weight excluding hydrogens is 314 g/mol. The summed E-state index contributed by atoms with van der Waals surface area (Å²) in [6, 6.07) is 10.3. The molecule has 3 heteroatoms. The maximum absolute atomic E-state index is 11.8. The molecule has 0 saturated carbocycles. The lowest BCUT2D eigenvalue weighted by Gasteiger charge is -2.15. The molecule has 112 valence electrons. The van der Waals surface area contributed by atoms with E-state index in [0.29, 0.717) is 12.3 Å². The number of rotatable bonds is 10. The summed E-state index contributed by atoms with van der Waals surface area (Å²) < 4.78 is 0. The molecule has 0 saturated heterocycles. The maximum atomic E-state index is 11.8. The van der Waals surface area contributed by atoms with Gasteiger partial charge < -0.3 is 5.32 Å². The van der Waals surface area contributed by atoms with Gasteiger partial charge in [0, 0.05) is 18.3 Å². The molecule has 0 bridgehead atoms. The fraction of sp³-hybridized carbons (Fsp3) is 0.588. The summed E-state index contributed by atoms with van der Waals surface area (Å²) in [5.74, 6) is 0.800. The fourth-order valence-electron chi connectivity index (χ4n) is 2.36. The van der Waals surface area contributed by atoms with E-state index >= 15 is 0 Å². The smallest absolute Gasteiger partial charge is 0.220 e. The Morgan fingerprint density at radius 1 is 1.25 bits per heavy atom. The Morgan fingerprint density at radius 3 is 2.65 bits per heavy atom. The zero-order valence-electron chi connectivity index (χ0n) is 12.4. The number of halogens is 1. The SMILES string of the molecule is CCCC(CCBr)CNC(=O)CCCc1ccccc1. The minimum absolute atomic E-state index is 0.191. The lowest BCUT2D eigenvalue weighted by Crippen LogP contribution is -2.29. The van der Waals surface area contributed by atoms with Gasteiger partial charge in [0.05, 0.1) is 0 Å². The Hall–Kier alpha value is -0.830. The number of carbonyl (C=O) groups excluding carboxylic acids is 1. The summed E-state index contributed by atoms with van der Waals surface area (Å²) in [7, 11) is 0. The number of hydrogen-bond acceptors (Lipinski definition) is 1. The molecule has 2 nitrogen and oxygen atoms in total. The predicted octanol–water partition coefficient (Wildman–Crippen LogP) is 4.33. The third-order valence-corrected chi connectivity index (χ3v) is 3.97. The molecule has 1 amide bonds. The molecule has 0 spiro atoms. The zero-order chi connectivity index (χ0) is 14.6. The van der Waals surface area contributed by atoms with Gasteiger partial charge in [-0.2, -0.15) is 0 Å². The van der Waals surface area contributed by atoms with Crippen LogP contribution < -0.4 is 5.32 Å². The van der Waals surface area contributed by atoms with Gasteiger partial charge >= 0.3 is 0 Å². The highest BCUT2D eigenvalue weighted by atomic mass is 79.9. The number of amides is 1. The van der Waals surface area contributed by atoms with Crippen molar-refractivity contribution in [3.63, 3.8) is 0 Å². The average molecular weight is 340 g/mol. The van der Waals surface area contributed by atoms with Gasteiger partial charge in [0.2, 0.25) is 5.91 Å².